The standard InChI is InChI=1S/C36H35NO5/c1-23-28(14-15-34(38)37-18-17-36(40)16-6-5-9-27(36)21-37)35(39)42-33-20-32-30(19-29(23)33)31(22-41-32)26-12-10-25(11-13-26)24-7-3-2-4-8-24/h2-4,7-8,10-13,19-20,22,27,40H,5-6,9,14-18,21H2,1H3/t27-,36+/m0/s1. The van der Waals surface area contributed by atoms with Crippen LogP contribution < -0.4 is 5.63 Å². The lowest BCUT2D eigenvalue weighted by Crippen LogP contribution is -2.54. The van der Waals surface area contributed by atoms with Crippen molar-refractivity contribution in [2.24, 2.45) is 5.92 Å². The van der Waals surface area contributed by atoms with E-state index in [0.717, 1.165) is 58.7 Å². The van der Waals surface area contributed by atoms with Gasteiger partial charge in [-0.25, -0.2) is 4.79 Å². The Hall–Kier alpha value is -4.16. The zero-order chi connectivity index (χ0) is 28.8. The van der Waals surface area contributed by atoms with Gasteiger partial charge in [0, 0.05) is 53.4 Å². The Labute approximate surface area is 244 Å². The molecule has 1 saturated heterocycles. The van der Waals surface area contributed by atoms with Crippen molar-refractivity contribution in [3.63, 3.8) is 0 Å². The molecule has 2 aromatic heterocycles. The van der Waals surface area contributed by atoms with Crippen LogP contribution in [0.2, 0.25) is 0 Å². The first-order valence-electron chi connectivity index (χ1n) is 15.0. The monoisotopic (exact) mass is 561 g/mol. The summed E-state index contributed by atoms with van der Waals surface area (Å²) in [4.78, 5) is 28.1. The van der Waals surface area contributed by atoms with E-state index in [-0.39, 0.29) is 18.2 Å². The zero-order valence-electron chi connectivity index (χ0n) is 23.9. The lowest BCUT2D eigenvalue weighted by atomic mass is 9.71. The van der Waals surface area contributed by atoms with Crippen LogP contribution in [0.4, 0.5) is 0 Å². The number of hydrogen-bond donors (Lipinski definition) is 1. The fraction of sp³-hybridized carbons (Fsp3) is 0.333. The summed E-state index contributed by atoms with van der Waals surface area (Å²) in [5.41, 5.74) is 5.81. The van der Waals surface area contributed by atoms with E-state index in [1.807, 2.05) is 36.1 Å². The number of benzene rings is 3. The Morgan fingerprint density at radius 3 is 2.52 bits per heavy atom. The molecule has 2 fully saturated rings. The highest BCUT2D eigenvalue weighted by Crippen LogP contribution is 2.40. The van der Waals surface area contributed by atoms with Gasteiger partial charge >= 0.3 is 5.63 Å². The number of amides is 1. The molecule has 0 radical (unpaired) electrons. The lowest BCUT2D eigenvalue weighted by Gasteiger charge is -2.47. The number of rotatable bonds is 5. The van der Waals surface area contributed by atoms with Gasteiger partial charge in [0.2, 0.25) is 5.91 Å². The van der Waals surface area contributed by atoms with Crippen molar-refractivity contribution >= 4 is 27.8 Å². The average molecular weight is 562 g/mol. The molecule has 0 bridgehead atoms. The highest BCUT2D eigenvalue weighted by molar-refractivity contribution is 6.02. The van der Waals surface area contributed by atoms with Crippen LogP contribution >= 0.6 is 0 Å². The molecule has 1 aliphatic heterocycles. The largest absolute Gasteiger partial charge is 0.464 e. The molecule has 2 aliphatic rings. The van der Waals surface area contributed by atoms with Gasteiger partial charge in [-0.15, -0.1) is 0 Å². The number of hydrogen-bond acceptors (Lipinski definition) is 5. The van der Waals surface area contributed by atoms with Crippen molar-refractivity contribution in [3.05, 3.63) is 94.5 Å². The SMILES string of the molecule is Cc1c(CCC(=O)N2CC[C@]3(O)CCCC[C@H]3C2)c(=O)oc2cc3occ(-c4ccc(-c5ccccc5)cc4)c3cc12. The van der Waals surface area contributed by atoms with Crippen molar-refractivity contribution in [3.8, 4) is 22.3 Å². The highest BCUT2D eigenvalue weighted by Gasteiger charge is 2.43. The molecule has 1 amide bonds. The molecule has 3 heterocycles. The van der Waals surface area contributed by atoms with Crippen LogP contribution in [0.25, 0.3) is 44.2 Å². The van der Waals surface area contributed by atoms with E-state index in [0.29, 0.717) is 42.7 Å². The molecule has 5 aromatic rings. The molecule has 3 aromatic carbocycles. The van der Waals surface area contributed by atoms with Crippen molar-refractivity contribution in [2.45, 2.75) is 57.5 Å². The van der Waals surface area contributed by atoms with E-state index >= 15 is 0 Å². The van der Waals surface area contributed by atoms with Gasteiger partial charge in [-0.1, -0.05) is 67.4 Å². The molecule has 7 rings (SSSR count). The number of nitrogens with zero attached hydrogens (tertiary/aromatic N) is 1. The van der Waals surface area contributed by atoms with Gasteiger partial charge < -0.3 is 18.8 Å². The third kappa shape index (κ3) is 4.74. The number of aryl methyl sites for hydroxylation is 1. The molecule has 0 unspecified atom stereocenters. The van der Waals surface area contributed by atoms with Crippen molar-refractivity contribution in [1.29, 1.82) is 0 Å². The van der Waals surface area contributed by atoms with Crippen molar-refractivity contribution in [2.75, 3.05) is 13.1 Å². The topological polar surface area (TPSA) is 83.9 Å². The minimum absolute atomic E-state index is 0.0352. The van der Waals surface area contributed by atoms with Crippen LogP contribution in [-0.2, 0) is 11.2 Å². The first kappa shape index (κ1) is 26.7. The number of piperidine rings is 1. The molecular formula is C36H35NO5. The maximum atomic E-state index is 13.2. The Bertz CT molecular complexity index is 1830. The molecule has 1 saturated carbocycles. The summed E-state index contributed by atoms with van der Waals surface area (Å²) in [5, 5.41) is 12.8. The van der Waals surface area contributed by atoms with Crippen LogP contribution in [0, 0.1) is 12.8 Å². The third-order valence-electron chi connectivity index (χ3n) is 9.65. The molecular weight excluding hydrogens is 526 g/mol. The van der Waals surface area contributed by atoms with E-state index in [4.69, 9.17) is 8.83 Å². The van der Waals surface area contributed by atoms with Gasteiger partial charge in [-0.05, 0) is 60.9 Å². The second-order valence-corrected chi connectivity index (χ2v) is 12.1. The maximum Gasteiger partial charge on any atom is 0.339 e. The summed E-state index contributed by atoms with van der Waals surface area (Å²) >= 11 is 0. The van der Waals surface area contributed by atoms with Crippen LogP contribution in [0.3, 0.4) is 0 Å². The fourth-order valence-electron chi connectivity index (χ4n) is 7.08. The number of carbonyl (C=O) groups excluding carboxylic acids is 1. The molecule has 1 aliphatic carbocycles. The summed E-state index contributed by atoms with van der Waals surface area (Å²) in [6.07, 6.45) is 6.93. The first-order chi connectivity index (χ1) is 20.4. The number of aliphatic hydroxyl groups is 1. The fourth-order valence-corrected chi connectivity index (χ4v) is 7.08. The molecule has 0 spiro atoms. The second-order valence-electron chi connectivity index (χ2n) is 12.1. The Balaban J connectivity index is 1.14. The zero-order valence-corrected chi connectivity index (χ0v) is 23.9. The van der Waals surface area contributed by atoms with Crippen LogP contribution in [0.15, 0.2) is 86.6 Å². The minimum atomic E-state index is -0.619. The summed E-state index contributed by atoms with van der Waals surface area (Å²) in [7, 11) is 0. The summed E-state index contributed by atoms with van der Waals surface area (Å²) in [5.74, 6) is 0.186. The van der Waals surface area contributed by atoms with Crippen LogP contribution in [0.5, 0.6) is 0 Å². The maximum absolute atomic E-state index is 13.2. The molecule has 1 N–H and O–H groups in total. The number of likely N-dealkylation sites (tertiary alicyclic amines) is 1. The van der Waals surface area contributed by atoms with Gasteiger partial charge in [0.15, 0.2) is 0 Å². The van der Waals surface area contributed by atoms with E-state index in [9.17, 15) is 14.7 Å². The number of fused-ring (bicyclic) bond motifs is 3. The third-order valence-corrected chi connectivity index (χ3v) is 9.65. The minimum Gasteiger partial charge on any atom is -0.464 e. The quantitative estimate of drug-likeness (QED) is 0.228. The Morgan fingerprint density at radius 1 is 0.952 bits per heavy atom. The predicted octanol–water partition coefficient (Wildman–Crippen LogP) is 7.27. The first-order valence-corrected chi connectivity index (χ1v) is 15.0. The summed E-state index contributed by atoms with van der Waals surface area (Å²) < 4.78 is 11.6. The Kier molecular flexibility index (Phi) is 6.74. The summed E-state index contributed by atoms with van der Waals surface area (Å²) in [6.45, 7) is 3.11. The van der Waals surface area contributed by atoms with E-state index in [2.05, 4.69) is 36.4 Å². The van der Waals surface area contributed by atoms with E-state index < -0.39 is 11.2 Å². The van der Waals surface area contributed by atoms with Crippen molar-refractivity contribution in [1.82, 2.24) is 4.90 Å². The van der Waals surface area contributed by atoms with E-state index in [1.54, 1.807) is 12.3 Å². The molecule has 2 atom stereocenters. The molecule has 42 heavy (non-hydrogen) atoms. The number of furan rings is 1. The van der Waals surface area contributed by atoms with E-state index in [1.165, 1.54) is 5.56 Å². The predicted molar refractivity (Wildman–Crippen MR) is 164 cm³/mol. The smallest absolute Gasteiger partial charge is 0.339 e. The van der Waals surface area contributed by atoms with Gasteiger partial charge in [0.05, 0.1) is 11.9 Å². The van der Waals surface area contributed by atoms with Crippen LogP contribution in [0.1, 0.15) is 49.7 Å². The van der Waals surface area contributed by atoms with Gasteiger partial charge in [-0.2, -0.15) is 0 Å². The van der Waals surface area contributed by atoms with Crippen molar-refractivity contribution < 1.29 is 18.7 Å². The molecule has 6 heteroatoms. The molecule has 6 nitrogen and oxygen atoms in total. The van der Waals surface area contributed by atoms with Gasteiger partial charge in [0.1, 0.15) is 11.2 Å². The average Bonchev–Trinajstić information content (AvgIpc) is 3.43. The van der Waals surface area contributed by atoms with Crippen LogP contribution in [-0.4, -0.2) is 34.6 Å². The second kappa shape index (κ2) is 10.6. The lowest BCUT2D eigenvalue weighted by molar-refractivity contribution is -0.143. The highest BCUT2D eigenvalue weighted by atomic mass is 16.4. The normalized spacial score (nSPS) is 20.6. The van der Waals surface area contributed by atoms with Gasteiger partial charge in [0.25, 0.3) is 0 Å². The number of carbonyl (C=O) groups is 1. The van der Waals surface area contributed by atoms with Gasteiger partial charge in [-0.3, -0.25) is 4.79 Å². The summed E-state index contributed by atoms with van der Waals surface area (Å²) in [6, 6.07) is 22.5. The Morgan fingerprint density at radius 2 is 1.71 bits per heavy atom. The molecule has 214 valence electrons.